The minimum absolute atomic E-state index is 0.0537. The number of hydrogen-bond donors (Lipinski definition) is 0. The van der Waals surface area contributed by atoms with Gasteiger partial charge in [-0.15, -0.1) is 0 Å². The Labute approximate surface area is 148 Å². The summed E-state index contributed by atoms with van der Waals surface area (Å²) >= 11 is 3.37. The Kier molecular flexibility index (Phi) is 5.30. The number of carbonyl (C=O) groups is 1. The molecule has 3 rings (SSSR count). The van der Waals surface area contributed by atoms with Gasteiger partial charge in [0.05, 0.1) is 29.9 Å². The normalized spacial score (nSPS) is 18.1. The summed E-state index contributed by atoms with van der Waals surface area (Å²) < 4.78 is 7.92. The third kappa shape index (κ3) is 3.67. The van der Waals surface area contributed by atoms with E-state index in [1.54, 1.807) is 12.1 Å². The molecule has 2 heterocycles. The van der Waals surface area contributed by atoms with Gasteiger partial charge in [0, 0.05) is 30.5 Å². The van der Waals surface area contributed by atoms with Crippen molar-refractivity contribution in [2.45, 2.75) is 32.4 Å². The van der Waals surface area contributed by atoms with Crippen LogP contribution in [0, 0.1) is 0 Å². The van der Waals surface area contributed by atoms with E-state index in [-0.39, 0.29) is 24.0 Å². The van der Waals surface area contributed by atoms with E-state index in [0.29, 0.717) is 37.1 Å². The zero-order chi connectivity index (χ0) is 17.1. The van der Waals surface area contributed by atoms with Crippen molar-refractivity contribution in [3.63, 3.8) is 0 Å². The van der Waals surface area contributed by atoms with Crippen molar-refractivity contribution in [1.29, 1.82) is 0 Å². The van der Waals surface area contributed by atoms with E-state index in [1.165, 1.54) is 10.9 Å². The molecule has 128 valence electrons. The van der Waals surface area contributed by atoms with Crippen molar-refractivity contribution in [3.05, 3.63) is 39.4 Å². The van der Waals surface area contributed by atoms with Crippen LogP contribution in [0.3, 0.4) is 0 Å². The first kappa shape index (κ1) is 17.1. The lowest BCUT2D eigenvalue weighted by Crippen LogP contribution is -2.45. The fourth-order valence-corrected chi connectivity index (χ4v) is 3.22. The molecule has 0 saturated carbocycles. The zero-order valence-corrected chi connectivity index (χ0v) is 15.2. The molecule has 24 heavy (non-hydrogen) atoms. The van der Waals surface area contributed by atoms with Crippen LogP contribution in [0.4, 0.5) is 0 Å². The van der Waals surface area contributed by atoms with E-state index in [9.17, 15) is 9.59 Å². The number of ether oxygens (including phenoxy) is 1. The van der Waals surface area contributed by atoms with Gasteiger partial charge in [0.15, 0.2) is 0 Å². The van der Waals surface area contributed by atoms with E-state index >= 15 is 0 Å². The van der Waals surface area contributed by atoms with Crippen LogP contribution < -0.4 is 5.56 Å². The summed E-state index contributed by atoms with van der Waals surface area (Å²) in [7, 11) is 0. The van der Waals surface area contributed by atoms with Crippen LogP contribution in [-0.4, -0.2) is 46.2 Å². The molecule has 1 amide bonds. The Morgan fingerprint density at radius 2 is 2.29 bits per heavy atom. The van der Waals surface area contributed by atoms with Gasteiger partial charge in [-0.05, 0) is 24.6 Å². The molecule has 1 aliphatic heterocycles. The van der Waals surface area contributed by atoms with Crippen LogP contribution in [-0.2, 0) is 16.1 Å². The van der Waals surface area contributed by atoms with Crippen molar-refractivity contribution in [1.82, 2.24) is 14.5 Å². The second-order valence-electron chi connectivity index (χ2n) is 5.90. The molecule has 6 nitrogen and oxygen atoms in total. The summed E-state index contributed by atoms with van der Waals surface area (Å²) in [6.07, 6.45) is 2.81. The summed E-state index contributed by atoms with van der Waals surface area (Å²) in [5.74, 6) is 0.0537. The molecule has 1 aromatic carbocycles. The maximum absolute atomic E-state index is 12.5. The zero-order valence-electron chi connectivity index (χ0n) is 13.6. The molecule has 1 aliphatic rings. The van der Waals surface area contributed by atoms with Crippen molar-refractivity contribution < 1.29 is 9.53 Å². The number of benzene rings is 1. The predicted molar refractivity (Wildman–Crippen MR) is 94.9 cm³/mol. The van der Waals surface area contributed by atoms with E-state index in [2.05, 4.69) is 27.8 Å². The van der Waals surface area contributed by atoms with Gasteiger partial charge in [0.1, 0.15) is 0 Å². The van der Waals surface area contributed by atoms with E-state index in [0.717, 1.165) is 10.9 Å². The van der Waals surface area contributed by atoms with Gasteiger partial charge in [-0.3, -0.25) is 14.2 Å². The van der Waals surface area contributed by atoms with E-state index in [4.69, 9.17) is 4.74 Å². The first-order valence-electron chi connectivity index (χ1n) is 8.12. The Balaban J connectivity index is 1.70. The molecule has 0 spiro atoms. The molecule has 0 N–H and O–H groups in total. The van der Waals surface area contributed by atoms with Crippen molar-refractivity contribution >= 4 is 32.7 Å². The fourth-order valence-electron chi connectivity index (χ4n) is 2.86. The largest absolute Gasteiger partial charge is 0.375 e. The van der Waals surface area contributed by atoms with Crippen LogP contribution in [0.15, 0.2) is 33.8 Å². The minimum Gasteiger partial charge on any atom is -0.375 e. The molecular formula is C17H20BrN3O3. The summed E-state index contributed by atoms with van der Waals surface area (Å²) in [4.78, 5) is 31.0. The first-order valence-corrected chi connectivity index (χ1v) is 8.92. The second kappa shape index (κ2) is 7.44. The summed E-state index contributed by atoms with van der Waals surface area (Å²) in [6.45, 7) is 4.22. The molecule has 1 fully saturated rings. The topological polar surface area (TPSA) is 64.4 Å². The highest BCUT2D eigenvalue weighted by atomic mass is 79.9. The lowest BCUT2D eigenvalue weighted by atomic mass is 10.2. The molecule has 2 aromatic rings. The second-order valence-corrected chi connectivity index (χ2v) is 6.81. The highest BCUT2D eigenvalue weighted by Crippen LogP contribution is 2.15. The summed E-state index contributed by atoms with van der Waals surface area (Å²) in [5, 5.41) is 0.553. The Morgan fingerprint density at radius 1 is 1.46 bits per heavy atom. The molecule has 0 aliphatic carbocycles. The number of morpholine rings is 1. The number of hydrogen-bond acceptors (Lipinski definition) is 4. The van der Waals surface area contributed by atoms with Gasteiger partial charge in [0.2, 0.25) is 5.91 Å². The number of rotatable bonds is 4. The van der Waals surface area contributed by atoms with Crippen LogP contribution in [0.2, 0.25) is 0 Å². The fraction of sp³-hybridized carbons (Fsp3) is 0.471. The molecule has 0 unspecified atom stereocenters. The average molecular weight is 394 g/mol. The van der Waals surface area contributed by atoms with Crippen LogP contribution in [0.1, 0.15) is 19.8 Å². The Hall–Kier alpha value is -1.73. The van der Waals surface area contributed by atoms with Crippen molar-refractivity contribution in [2.75, 3.05) is 19.7 Å². The van der Waals surface area contributed by atoms with Gasteiger partial charge in [-0.25, -0.2) is 4.98 Å². The molecule has 7 heteroatoms. The molecular weight excluding hydrogens is 374 g/mol. The van der Waals surface area contributed by atoms with Crippen LogP contribution in [0.5, 0.6) is 0 Å². The van der Waals surface area contributed by atoms with Crippen LogP contribution >= 0.6 is 15.9 Å². The number of amides is 1. The third-order valence-corrected chi connectivity index (χ3v) is 4.79. The molecule has 1 aromatic heterocycles. The maximum Gasteiger partial charge on any atom is 0.261 e. The maximum atomic E-state index is 12.5. The minimum atomic E-state index is -0.123. The molecule has 1 atom stereocenters. The molecule has 1 saturated heterocycles. The SMILES string of the molecule is CC[C@H]1CN(C(=O)CCn2cnc3ccc(Br)cc3c2=O)CCO1. The smallest absolute Gasteiger partial charge is 0.261 e. The van der Waals surface area contributed by atoms with Gasteiger partial charge >= 0.3 is 0 Å². The first-order chi connectivity index (χ1) is 11.6. The van der Waals surface area contributed by atoms with Gasteiger partial charge in [-0.2, -0.15) is 0 Å². The average Bonchev–Trinajstić information content (AvgIpc) is 2.61. The predicted octanol–water partition coefficient (Wildman–Crippen LogP) is 2.19. The number of fused-ring (bicyclic) bond motifs is 1. The van der Waals surface area contributed by atoms with Gasteiger partial charge < -0.3 is 9.64 Å². The Bertz CT molecular complexity index is 805. The van der Waals surface area contributed by atoms with Crippen molar-refractivity contribution in [2.24, 2.45) is 0 Å². The Morgan fingerprint density at radius 3 is 3.08 bits per heavy atom. The lowest BCUT2D eigenvalue weighted by Gasteiger charge is -2.32. The standard InChI is InChI=1S/C17H20BrN3O3/c1-2-13-10-20(7-8-24-13)16(22)5-6-21-11-19-15-4-3-12(18)9-14(15)17(21)23/h3-4,9,11,13H,2,5-8,10H2,1H3/t13-/m0/s1. The molecule has 0 radical (unpaired) electrons. The van der Waals surface area contributed by atoms with Gasteiger partial charge in [-0.1, -0.05) is 22.9 Å². The van der Waals surface area contributed by atoms with Gasteiger partial charge in [0.25, 0.3) is 5.56 Å². The number of aromatic nitrogens is 2. The number of carbonyl (C=O) groups excluding carboxylic acids is 1. The van der Waals surface area contributed by atoms with Crippen molar-refractivity contribution in [3.8, 4) is 0 Å². The summed E-state index contributed by atoms with van der Waals surface area (Å²) in [6, 6.07) is 5.41. The van der Waals surface area contributed by atoms with Crippen LogP contribution in [0.25, 0.3) is 10.9 Å². The molecule has 0 bridgehead atoms. The number of aryl methyl sites for hydroxylation is 1. The van der Waals surface area contributed by atoms with E-state index in [1.807, 2.05) is 11.0 Å². The number of nitrogens with zero attached hydrogens (tertiary/aromatic N) is 3. The third-order valence-electron chi connectivity index (χ3n) is 4.30. The lowest BCUT2D eigenvalue weighted by molar-refractivity contribution is -0.139. The highest BCUT2D eigenvalue weighted by Gasteiger charge is 2.22. The highest BCUT2D eigenvalue weighted by molar-refractivity contribution is 9.10. The quantitative estimate of drug-likeness (QED) is 0.798. The monoisotopic (exact) mass is 393 g/mol. The van der Waals surface area contributed by atoms with E-state index < -0.39 is 0 Å². The summed E-state index contributed by atoms with van der Waals surface area (Å²) in [5.41, 5.74) is 0.534. The number of halogens is 1.